The fourth-order valence-corrected chi connectivity index (χ4v) is 4.04. The van der Waals surface area contributed by atoms with Crippen molar-refractivity contribution in [2.24, 2.45) is 0 Å². The minimum atomic E-state index is 1.04. The van der Waals surface area contributed by atoms with E-state index in [4.69, 9.17) is 4.98 Å². The molecule has 2 heterocycles. The van der Waals surface area contributed by atoms with Crippen molar-refractivity contribution in [3.8, 4) is 0 Å². The molecule has 1 aromatic heterocycles. The third-order valence-corrected chi connectivity index (χ3v) is 5.46. The second-order valence-electron chi connectivity index (χ2n) is 7.44. The predicted octanol–water partition coefficient (Wildman–Crippen LogP) is 6.35. The second kappa shape index (κ2) is 8.39. The lowest BCUT2D eigenvalue weighted by Gasteiger charge is -2.30. The normalized spacial score (nSPS) is 14.9. The van der Waals surface area contributed by atoms with Crippen molar-refractivity contribution in [1.29, 1.82) is 0 Å². The lowest BCUT2D eigenvalue weighted by Crippen LogP contribution is -2.30. The van der Waals surface area contributed by atoms with E-state index in [0.717, 1.165) is 18.5 Å². The summed E-state index contributed by atoms with van der Waals surface area (Å²) in [6.07, 6.45) is 12.7. The van der Waals surface area contributed by atoms with E-state index in [2.05, 4.69) is 78.7 Å². The molecule has 2 aromatic carbocycles. The molecule has 2 heteroatoms. The molecular weight excluding hydrogens is 328 g/mol. The van der Waals surface area contributed by atoms with Gasteiger partial charge in [-0.1, -0.05) is 61.9 Å². The first-order chi connectivity index (χ1) is 13.3. The van der Waals surface area contributed by atoms with Crippen LogP contribution in [0.25, 0.3) is 22.9 Å². The summed E-state index contributed by atoms with van der Waals surface area (Å²) in [5.74, 6) is 0. The van der Waals surface area contributed by atoms with Crippen LogP contribution in [0.1, 0.15) is 49.4 Å². The molecule has 138 valence electrons. The van der Waals surface area contributed by atoms with Crippen LogP contribution in [-0.2, 0) is 6.42 Å². The van der Waals surface area contributed by atoms with Crippen molar-refractivity contribution in [1.82, 2.24) is 4.98 Å². The van der Waals surface area contributed by atoms with Crippen molar-refractivity contribution in [3.05, 3.63) is 71.5 Å². The molecule has 1 aliphatic heterocycles. The first-order valence-electron chi connectivity index (χ1n) is 10.2. The summed E-state index contributed by atoms with van der Waals surface area (Å²) in [5.41, 5.74) is 5.07. The van der Waals surface area contributed by atoms with Gasteiger partial charge in [0.1, 0.15) is 0 Å². The molecule has 1 saturated heterocycles. The van der Waals surface area contributed by atoms with Gasteiger partial charge < -0.3 is 4.90 Å². The molecule has 3 aromatic rings. The van der Waals surface area contributed by atoms with Gasteiger partial charge in [-0.05, 0) is 59.7 Å². The molecule has 0 bridgehead atoms. The monoisotopic (exact) mass is 356 g/mol. The number of aromatic nitrogens is 1. The molecule has 4 rings (SSSR count). The van der Waals surface area contributed by atoms with Crippen molar-refractivity contribution in [2.75, 3.05) is 18.0 Å². The molecule has 0 atom stereocenters. The summed E-state index contributed by atoms with van der Waals surface area (Å²) in [5, 5.41) is 2.56. The molecule has 0 amide bonds. The van der Waals surface area contributed by atoms with Gasteiger partial charge in [0.25, 0.3) is 0 Å². The van der Waals surface area contributed by atoms with Gasteiger partial charge >= 0.3 is 0 Å². The molecular formula is C25H28N2. The summed E-state index contributed by atoms with van der Waals surface area (Å²) in [6, 6.07) is 17.3. The SMILES string of the molecule is CCCc1cnc(C=Cc2cccc3ccccc23)cc1N1CCCCC1. The Labute approximate surface area is 162 Å². The summed E-state index contributed by atoms with van der Waals surface area (Å²) in [6.45, 7) is 4.59. The highest BCUT2D eigenvalue weighted by Gasteiger charge is 2.15. The van der Waals surface area contributed by atoms with Gasteiger partial charge in [0.2, 0.25) is 0 Å². The number of anilines is 1. The van der Waals surface area contributed by atoms with Crippen molar-refractivity contribution in [2.45, 2.75) is 39.0 Å². The Bertz CT molecular complexity index is 931. The van der Waals surface area contributed by atoms with Crippen LogP contribution in [0.4, 0.5) is 5.69 Å². The van der Waals surface area contributed by atoms with Gasteiger partial charge in [0.15, 0.2) is 0 Å². The molecule has 1 fully saturated rings. The zero-order chi connectivity index (χ0) is 18.5. The van der Waals surface area contributed by atoms with E-state index in [9.17, 15) is 0 Å². The number of pyridine rings is 1. The molecule has 0 radical (unpaired) electrons. The van der Waals surface area contributed by atoms with Crippen LogP contribution in [-0.4, -0.2) is 18.1 Å². The van der Waals surface area contributed by atoms with Crippen LogP contribution in [0.15, 0.2) is 54.7 Å². The fraction of sp³-hybridized carbons (Fsp3) is 0.320. The third kappa shape index (κ3) is 4.05. The lowest BCUT2D eigenvalue weighted by molar-refractivity contribution is 0.576. The number of hydrogen-bond donors (Lipinski definition) is 0. The summed E-state index contributed by atoms with van der Waals surface area (Å²) in [7, 11) is 0. The van der Waals surface area contributed by atoms with E-state index in [-0.39, 0.29) is 0 Å². The Morgan fingerprint density at radius 1 is 0.963 bits per heavy atom. The van der Waals surface area contributed by atoms with Crippen molar-refractivity contribution >= 4 is 28.6 Å². The number of hydrogen-bond acceptors (Lipinski definition) is 2. The van der Waals surface area contributed by atoms with E-state index in [1.165, 1.54) is 59.9 Å². The summed E-state index contributed by atoms with van der Waals surface area (Å²) in [4.78, 5) is 7.30. The maximum absolute atomic E-state index is 4.73. The maximum atomic E-state index is 4.73. The molecule has 27 heavy (non-hydrogen) atoms. The van der Waals surface area contributed by atoms with E-state index < -0.39 is 0 Å². The highest BCUT2D eigenvalue weighted by molar-refractivity contribution is 5.92. The zero-order valence-corrected chi connectivity index (χ0v) is 16.2. The van der Waals surface area contributed by atoms with Crippen LogP contribution in [0, 0.1) is 0 Å². The number of rotatable bonds is 5. The number of aryl methyl sites for hydroxylation is 1. The van der Waals surface area contributed by atoms with E-state index in [0.29, 0.717) is 0 Å². The summed E-state index contributed by atoms with van der Waals surface area (Å²) >= 11 is 0. The van der Waals surface area contributed by atoms with Crippen LogP contribution in [0.2, 0.25) is 0 Å². The van der Waals surface area contributed by atoms with Crippen molar-refractivity contribution in [3.63, 3.8) is 0 Å². The highest BCUT2D eigenvalue weighted by atomic mass is 15.1. The van der Waals surface area contributed by atoms with Gasteiger partial charge in [-0.2, -0.15) is 0 Å². The lowest BCUT2D eigenvalue weighted by atomic mass is 10.0. The average Bonchev–Trinajstić information content (AvgIpc) is 2.74. The molecule has 0 unspecified atom stereocenters. The molecule has 0 spiro atoms. The van der Waals surface area contributed by atoms with Gasteiger partial charge in [0, 0.05) is 25.0 Å². The first kappa shape index (κ1) is 17.8. The maximum Gasteiger partial charge on any atom is 0.0650 e. The number of piperidine rings is 1. The average molecular weight is 357 g/mol. The molecule has 0 saturated carbocycles. The minimum absolute atomic E-state index is 1.04. The second-order valence-corrected chi connectivity index (χ2v) is 7.44. The Kier molecular flexibility index (Phi) is 5.53. The Morgan fingerprint density at radius 2 is 1.78 bits per heavy atom. The number of benzene rings is 2. The topological polar surface area (TPSA) is 16.1 Å². The van der Waals surface area contributed by atoms with Gasteiger partial charge in [0.05, 0.1) is 5.69 Å². The molecule has 1 aliphatic rings. The highest BCUT2D eigenvalue weighted by Crippen LogP contribution is 2.27. The van der Waals surface area contributed by atoms with Gasteiger partial charge in [-0.25, -0.2) is 0 Å². The predicted molar refractivity (Wildman–Crippen MR) is 117 cm³/mol. The summed E-state index contributed by atoms with van der Waals surface area (Å²) < 4.78 is 0. The molecule has 2 nitrogen and oxygen atoms in total. The van der Waals surface area contributed by atoms with Crippen LogP contribution < -0.4 is 4.90 Å². The number of nitrogens with zero attached hydrogens (tertiary/aromatic N) is 2. The van der Waals surface area contributed by atoms with E-state index >= 15 is 0 Å². The van der Waals surface area contributed by atoms with E-state index in [1.807, 2.05) is 0 Å². The van der Waals surface area contributed by atoms with E-state index in [1.54, 1.807) is 0 Å². The Balaban J connectivity index is 1.66. The molecule has 0 N–H and O–H groups in total. The zero-order valence-electron chi connectivity index (χ0n) is 16.2. The Morgan fingerprint density at radius 3 is 2.63 bits per heavy atom. The minimum Gasteiger partial charge on any atom is -0.371 e. The van der Waals surface area contributed by atoms with Crippen molar-refractivity contribution < 1.29 is 0 Å². The van der Waals surface area contributed by atoms with Gasteiger partial charge in [-0.3, -0.25) is 4.98 Å². The fourth-order valence-electron chi connectivity index (χ4n) is 4.04. The first-order valence-corrected chi connectivity index (χ1v) is 10.2. The standard InChI is InChI=1S/C25H28N2/c1-2-9-22-19-26-23(18-25(22)27-16-6-3-7-17-27)15-14-21-12-8-11-20-10-4-5-13-24(20)21/h4-5,8,10-15,18-19H,2-3,6-7,9,16-17H2,1H3. The van der Waals surface area contributed by atoms with Gasteiger partial charge in [-0.15, -0.1) is 0 Å². The smallest absolute Gasteiger partial charge is 0.0650 e. The van der Waals surface area contributed by atoms with Crippen LogP contribution in [0.3, 0.4) is 0 Å². The van der Waals surface area contributed by atoms with Crippen LogP contribution in [0.5, 0.6) is 0 Å². The quantitative estimate of drug-likeness (QED) is 0.529. The Hall–Kier alpha value is -2.61. The third-order valence-electron chi connectivity index (χ3n) is 5.46. The largest absolute Gasteiger partial charge is 0.371 e. The molecule has 0 aliphatic carbocycles. The number of fused-ring (bicyclic) bond motifs is 1. The van der Waals surface area contributed by atoms with Crippen LogP contribution >= 0.6 is 0 Å².